The van der Waals surface area contributed by atoms with Gasteiger partial charge in [-0.15, -0.1) is 0 Å². The average Bonchev–Trinajstić information content (AvgIpc) is 3.52. The number of hydrogen-bond acceptors (Lipinski definition) is 31. The van der Waals surface area contributed by atoms with E-state index in [9.17, 15) is 81.7 Å². The Morgan fingerprint density at radius 3 is 0.429 bits per heavy atom. The SMILES string of the molecule is CNCC(COCC(COCC(COC(CO)CO)COC(CO)CO)COCC(COC(CO)CO)COC(CO)CO)COCC(COCC(COC(CO)CO)COC(CO)CO)COCC(COC(CO)CO)COC(CO)CO. The smallest absolute Gasteiger partial charge is 0.104 e. The first-order valence-corrected chi connectivity index (χ1v) is 28.7. The largest absolute Gasteiger partial charge is 0.394 e. The van der Waals surface area contributed by atoms with E-state index in [4.69, 9.17) is 66.3 Å². The number of ether oxygens (including phenoxy) is 14. The molecule has 0 aromatic rings. The number of aliphatic hydroxyl groups is 16. The van der Waals surface area contributed by atoms with E-state index in [0.717, 1.165) is 0 Å². The summed E-state index contributed by atoms with van der Waals surface area (Å²) in [6, 6.07) is 0. The third-order valence-electron chi connectivity index (χ3n) is 12.5. The van der Waals surface area contributed by atoms with Crippen molar-refractivity contribution in [2.75, 3.05) is 251 Å². The highest BCUT2D eigenvalue weighted by Crippen LogP contribution is 2.14. The van der Waals surface area contributed by atoms with E-state index in [1.807, 2.05) is 0 Å². The van der Waals surface area contributed by atoms with Gasteiger partial charge in [0.1, 0.15) is 48.8 Å². The van der Waals surface area contributed by atoms with Crippen molar-refractivity contribution in [2.24, 2.45) is 41.4 Å². The molecule has 0 radical (unpaired) electrons. The van der Waals surface area contributed by atoms with Crippen LogP contribution >= 0.6 is 0 Å². The van der Waals surface area contributed by atoms with Crippen molar-refractivity contribution in [1.82, 2.24) is 5.32 Å². The molecule has 0 aromatic heterocycles. The van der Waals surface area contributed by atoms with E-state index >= 15 is 0 Å². The maximum absolute atomic E-state index is 9.58. The summed E-state index contributed by atoms with van der Waals surface area (Å²) in [7, 11) is 1.77. The first-order valence-electron chi connectivity index (χ1n) is 28.7. The number of aliphatic hydroxyl groups excluding tert-OH is 16. The molecule has 0 rings (SSSR count). The first-order chi connectivity index (χ1) is 40.9. The molecule has 0 spiro atoms. The van der Waals surface area contributed by atoms with Crippen molar-refractivity contribution in [3.8, 4) is 0 Å². The van der Waals surface area contributed by atoms with E-state index in [1.54, 1.807) is 7.05 Å². The first kappa shape index (κ1) is 82.8. The minimum Gasteiger partial charge on any atom is -0.394 e. The van der Waals surface area contributed by atoms with Crippen molar-refractivity contribution in [1.29, 1.82) is 0 Å². The third-order valence-corrected chi connectivity index (χ3v) is 12.5. The summed E-state index contributed by atoms with van der Waals surface area (Å²) in [6.45, 7) is -5.68. The minimum atomic E-state index is -0.866. The third kappa shape index (κ3) is 42.6. The summed E-state index contributed by atoms with van der Waals surface area (Å²) in [5.74, 6) is -2.98. The Labute approximate surface area is 494 Å². The fourth-order valence-corrected chi connectivity index (χ4v) is 7.21. The van der Waals surface area contributed by atoms with Gasteiger partial charge in [-0.2, -0.15) is 0 Å². The maximum Gasteiger partial charge on any atom is 0.104 e. The van der Waals surface area contributed by atoms with Crippen LogP contribution in [0.5, 0.6) is 0 Å². The zero-order valence-electron chi connectivity index (χ0n) is 49.2. The van der Waals surface area contributed by atoms with Crippen LogP contribution in [0.2, 0.25) is 0 Å². The van der Waals surface area contributed by atoms with Gasteiger partial charge in [0, 0.05) is 48.0 Å². The van der Waals surface area contributed by atoms with Gasteiger partial charge < -0.3 is 153 Å². The molecule has 0 aliphatic rings. The lowest BCUT2D eigenvalue weighted by atomic mass is 10.1. The zero-order chi connectivity index (χ0) is 62.4. The van der Waals surface area contributed by atoms with E-state index in [0.29, 0.717) is 6.54 Å². The highest BCUT2D eigenvalue weighted by molar-refractivity contribution is 4.70. The molecule has 84 heavy (non-hydrogen) atoms. The van der Waals surface area contributed by atoms with Crippen LogP contribution in [0.4, 0.5) is 0 Å². The standard InChI is InChI=1S/C53H109NO30/c1-54-2-39(19-71-21-40(23-73-27-42(31-77-46(3-55)4-56)32-78-47(5-57)6-58)24-74-28-43(33-79-48(7-59)8-60)34-80-49(9-61)10-62)20-72-22-41(25-75-29-44(35-81-50(11-63)12-64)36-82-51(13-65)14-66)26-76-30-45(37-83-52(15-67)16-68)38-84-53(17-69)18-70/h39-70H,2-38H2,1H3. The van der Waals surface area contributed by atoms with Crippen LogP contribution in [0, 0.1) is 41.4 Å². The fourth-order valence-electron chi connectivity index (χ4n) is 7.21. The predicted octanol–water partition coefficient (Wildman–Crippen LogP) is -8.42. The van der Waals surface area contributed by atoms with Crippen molar-refractivity contribution in [3.63, 3.8) is 0 Å². The molecule has 0 unspecified atom stereocenters. The van der Waals surface area contributed by atoms with Crippen molar-refractivity contribution in [3.05, 3.63) is 0 Å². The van der Waals surface area contributed by atoms with E-state index in [-0.39, 0.29) is 138 Å². The Bertz CT molecular complexity index is 1090. The maximum atomic E-state index is 9.58. The van der Waals surface area contributed by atoms with Crippen molar-refractivity contribution < 1.29 is 148 Å². The summed E-state index contributed by atoms with van der Waals surface area (Å²) in [5.41, 5.74) is 0. The zero-order valence-corrected chi connectivity index (χ0v) is 49.2. The lowest BCUT2D eigenvalue weighted by molar-refractivity contribution is -0.0984. The molecule has 0 heterocycles. The van der Waals surface area contributed by atoms with Gasteiger partial charge in [-0.25, -0.2) is 0 Å². The molecular weight excluding hydrogens is 1130 g/mol. The van der Waals surface area contributed by atoms with Gasteiger partial charge in [0.2, 0.25) is 0 Å². The molecule has 0 saturated carbocycles. The summed E-state index contributed by atoms with van der Waals surface area (Å²) in [4.78, 5) is 0. The molecule has 31 heteroatoms. The quantitative estimate of drug-likeness (QED) is 0.0269. The number of rotatable bonds is 66. The molecule has 0 amide bonds. The Kier molecular flexibility index (Phi) is 57.3. The van der Waals surface area contributed by atoms with Gasteiger partial charge in [0.05, 0.1) is 238 Å². The molecule has 0 bridgehead atoms. The monoisotopic (exact) mass is 1240 g/mol. The average molecular weight is 1240 g/mol. The molecule has 0 aliphatic carbocycles. The number of hydrogen-bond donors (Lipinski definition) is 17. The Hall–Kier alpha value is -1.24. The van der Waals surface area contributed by atoms with Crippen molar-refractivity contribution in [2.45, 2.75) is 48.8 Å². The summed E-state index contributed by atoms with van der Waals surface area (Å²) in [6.07, 6.45) is -6.93. The predicted molar refractivity (Wildman–Crippen MR) is 295 cm³/mol. The van der Waals surface area contributed by atoms with Crippen LogP contribution in [-0.2, 0) is 66.3 Å². The lowest BCUT2D eigenvalue weighted by Crippen LogP contribution is -2.34. The highest BCUT2D eigenvalue weighted by Gasteiger charge is 2.24. The van der Waals surface area contributed by atoms with Crippen LogP contribution < -0.4 is 5.32 Å². The number of nitrogens with one attached hydrogen (secondary N) is 1. The molecule has 506 valence electrons. The molecular formula is C53H109NO30. The molecule has 0 aliphatic heterocycles. The van der Waals surface area contributed by atoms with Gasteiger partial charge >= 0.3 is 0 Å². The van der Waals surface area contributed by atoms with Crippen LogP contribution in [0.15, 0.2) is 0 Å². The molecule has 17 N–H and O–H groups in total. The van der Waals surface area contributed by atoms with Gasteiger partial charge in [-0.05, 0) is 7.05 Å². The van der Waals surface area contributed by atoms with Crippen molar-refractivity contribution >= 4 is 0 Å². The summed E-state index contributed by atoms with van der Waals surface area (Å²) < 4.78 is 82.4. The van der Waals surface area contributed by atoms with E-state index in [1.165, 1.54) is 0 Å². The minimum absolute atomic E-state index is 0.0112. The van der Waals surface area contributed by atoms with E-state index < -0.39 is 190 Å². The van der Waals surface area contributed by atoms with Gasteiger partial charge in [0.15, 0.2) is 0 Å². The second-order valence-electron chi connectivity index (χ2n) is 20.4. The van der Waals surface area contributed by atoms with Crippen LogP contribution in [0.1, 0.15) is 0 Å². The van der Waals surface area contributed by atoms with E-state index in [2.05, 4.69) is 5.32 Å². The van der Waals surface area contributed by atoms with Gasteiger partial charge in [-0.1, -0.05) is 0 Å². The molecule has 0 aromatic carbocycles. The molecule has 0 atom stereocenters. The molecule has 31 nitrogen and oxygen atoms in total. The lowest BCUT2D eigenvalue weighted by Gasteiger charge is -2.26. The van der Waals surface area contributed by atoms with Crippen LogP contribution in [0.25, 0.3) is 0 Å². The Morgan fingerprint density at radius 1 is 0.190 bits per heavy atom. The van der Waals surface area contributed by atoms with Crippen LogP contribution in [0.3, 0.4) is 0 Å². The second kappa shape index (κ2) is 58.2. The summed E-state index contributed by atoms with van der Waals surface area (Å²) >= 11 is 0. The van der Waals surface area contributed by atoms with Gasteiger partial charge in [0.25, 0.3) is 0 Å². The molecule has 0 fully saturated rings. The van der Waals surface area contributed by atoms with Crippen LogP contribution in [-0.4, -0.2) is 382 Å². The van der Waals surface area contributed by atoms with Gasteiger partial charge in [-0.3, -0.25) is 0 Å². The normalized spacial score (nSPS) is 12.9. The Balaban J connectivity index is 6.47. The fraction of sp³-hybridized carbons (Fsp3) is 1.00. The second-order valence-corrected chi connectivity index (χ2v) is 20.4. The Morgan fingerprint density at radius 2 is 0.310 bits per heavy atom. The topological polar surface area (TPSA) is 465 Å². The highest BCUT2D eigenvalue weighted by atomic mass is 16.6. The molecule has 0 saturated heterocycles. The summed E-state index contributed by atoms with van der Waals surface area (Å²) in [5, 5.41) is 156.